The Hall–Kier alpha value is -3.45. The van der Waals surface area contributed by atoms with Gasteiger partial charge < -0.3 is 15.5 Å². The highest BCUT2D eigenvalue weighted by atomic mass is 35.5. The van der Waals surface area contributed by atoms with Crippen LogP contribution in [0.1, 0.15) is 38.6 Å². The van der Waals surface area contributed by atoms with Gasteiger partial charge in [0.25, 0.3) is 5.91 Å². The Morgan fingerprint density at radius 1 is 1.17 bits per heavy atom. The number of rotatable bonds is 5. The van der Waals surface area contributed by atoms with Gasteiger partial charge in [0.05, 0.1) is 17.0 Å². The topological polar surface area (TPSA) is 98.2 Å². The molecule has 0 aliphatic heterocycles. The van der Waals surface area contributed by atoms with Crippen molar-refractivity contribution in [3.63, 3.8) is 0 Å². The average molecular weight is 421 g/mol. The van der Waals surface area contributed by atoms with E-state index < -0.39 is 0 Å². The molecule has 30 heavy (non-hydrogen) atoms. The minimum atomic E-state index is -0.170. The summed E-state index contributed by atoms with van der Waals surface area (Å²) in [5.41, 5.74) is 11.7. The van der Waals surface area contributed by atoms with Gasteiger partial charge in [-0.25, -0.2) is 9.97 Å². The van der Waals surface area contributed by atoms with Gasteiger partial charge in [-0.1, -0.05) is 11.6 Å². The third-order valence-electron chi connectivity index (χ3n) is 4.95. The highest BCUT2D eigenvalue weighted by molar-refractivity contribution is 6.31. The van der Waals surface area contributed by atoms with Crippen LogP contribution in [0.15, 0.2) is 49.1 Å². The van der Waals surface area contributed by atoms with E-state index in [-0.39, 0.29) is 5.91 Å². The maximum Gasteiger partial charge on any atom is 0.251 e. The fourth-order valence-corrected chi connectivity index (χ4v) is 3.66. The summed E-state index contributed by atoms with van der Waals surface area (Å²) in [4.78, 5) is 25.8. The first-order chi connectivity index (χ1) is 14.4. The van der Waals surface area contributed by atoms with E-state index in [4.69, 9.17) is 17.3 Å². The van der Waals surface area contributed by atoms with Crippen LogP contribution in [0.3, 0.4) is 0 Å². The molecule has 0 saturated carbocycles. The van der Waals surface area contributed by atoms with Crippen LogP contribution in [-0.4, -0.2) is 25.3 Å². The van der Waals surface area contributed by atoms with Crippen LogP contribution in [-0.2, 0) is 13.0 Å². The predicted octanol–water partition coefficient (Wildman–Crippen LogP) is 3.50. The maximum atomic E-state index is 12.7. The van der Waals surface area contributed by atoms with Crippen molar-refractivity contribution in [1.82, 2.24) is 24.7 Å². The van der Waals surface area contributed by atoms with Crippen LogP contribution in [0.5, 0.6) is 0 Å². The molecule has 152 valence electrons. The molecular weight excluding hydrogens is 400 g/mol. The Morgan fingerprint density at radius 3 is 2.77 bits per heavy atom. The van der Waals surface area contributed by atoms with Gasteiger partial charge in [0.2, 0.25) is 0 Å². The monoisotopic (exact) mass is 420 g/mol. The van der Waals surface area contributed by atoms with Gasteiger partial charge in [0.1, 0.15) is 5.82 Å². The number of amides is 1. The quantitative estimate of drug-likeness (QED) is 0.515. The second-order valence-electron chi connectivity index (χ2n) is 7.19. The van der Waals surface area contributed by atoms with E-state index in [1.54, 1.807) is 36.9 Å². The number of nitrogens with one attached hydrogen (secondary N) is 1. The molecule has 4 aromatic rings. The van der Waals surface area contributed by atoms with E-state index in [2.05, 4.69) is 20.3 Å². The number of aryl methyl sites for hydroxylation is 2. The van der Waals surface area contributed by atoms with Gasteiger partial charge in [-0.2, -0.15) is 0 Å². The number of aromatic nitrogens is 4. The zero-order valence-electron chi connectivity index (χ0n) is 16.7. The number of nitrogens with zero attached hydrogens (tertiary/aromatic N) is 4. The summed E-state index contributed by atoms with van der Waals surface area (Å²) in [6.07, 6.45) is 5.67. The predicted molar refractivity (Wildman–Crippen MR) is 117 cm³/mol. The Labute approximate surface area is 179 Å². The highest BCUT2D eigenvalue weighted by Gasteiger charge is 2.11. The molecule has 0 fully saturated rings. The summed E-state index contributed by atoms with van der Waals surface area (Å²) in [6, 6.07) is 9.12. The van der Waals surface area contributed by atoms with E-state index in [0.29, 0.717) is 29.4 Å². The second-order valence-corrected chi connectivity index (χ2v) is 7.63. The molecule has 0 aromatic carbocycles. The second kappa shape index (κ2) is 8.12. The number of pyridine rings is 2. The number of hydrogen-bond donors (Lipinski definition) is 2. The summed E-state index contributed by atoms with van der Waals surface area (Å²) < 4.78 is 1.86. The fraction of sp³-hybridized carbons (Fsp3) is 0.182. The molecule has 0 unspecified atom stereocenters. The van der Waals surface area contributed by atoms with Gasteiger partial charge in [0.15, 0.2) is 0 Å². The number of anilines is 1. The van der Waals surface area contributed by atoms with E-state index in [1.165, 1.54) is 0 Å². The number of hydrogen-bond acceptors (Lipinski definition) is 5. The van der Waals surface area contributed by atoms with E-state index in [9.17, 15) is 4.79 Å². The Balaban J connectivity index is 1.47. The summed E-state index contributed by atoms with van der Waals surface area (Å²) in [5, 5.41) is 3.61. The van der Waals surface area contributed by atoms with Crippen LogP contribution in [0.2, 0.25) is 5.02 Å². The standard InChI is InChI=1S/C22H21ClN6O/c1-13-5-21(24)28-14(2)20(13)10-26-22(30)15-3-4-25-17(6-15)8-18-9-19-7-16(23)11-29(19)12-27-18/h3-7,9,11-12H,8,10H2,1-2H3,(H2,24,28)(H,26,30). The summed E-state index contributed by atoms with van der Waals surface area (Å²) in [5.74, 6) is 0.309. The molecular formula is C22H21ClN6O. The molecule has 3 N–H and O–H groups in total. The third-order valence-corrected chi connectivity index (χ3v) is 5.16. The molecule has 1 amide bonds. The highest BCUT2D eigenvalue weighted by Crippen LogP contribution is 2.17. The lowest BCUT2D eigenvalue weighted by atomic mass is 10.1. The lowest BCUT2D eigenvalue weighted by molar-refractivity contribution is 0.0950. The summed E-state index contributed by atoms with van der Waals surface area (Å²) in [7, 11) is 0. The number of carbonyl (C=O) groups is 1. The van der Waals surface area contributed by atoms with Crippen molar-refractivity contribution in [2.75, 3.05) is 5.73 Å². The minimum Gasteiger partial charge on any atom is -0.384 e. The maximum absolute atomic E-state index is 12.7. The molecule has 4 heterocycles. The largest absolute Gasteiger partial charge is 0.384 e. The Bertz CT molecular complexity index is 1230. The summed E-state index contributed by atoms with van der Waals surface area (Å²) >= 11 is 6.04. The lowest BCUT2D eigenvalue weighted by Crippen LogP contribution is -2.24. The Kier molecular flexibility index (Phi) is 5.37. The van der Waals surface area contributed by atoms with Crippen molar-refractivity contribution >= 4 is 28.8 Å². The zero-order valence-corrected chi connectivity index (χ0v) is 17.4. The van der Waals surface area contributed by atoms with Gasteiger partial charge >= 0.3 is 0 Å². The minimum absolute atomic E-state index is 0.170. The smallest absolute Gasteiger partial charge is 0.251 e. The van der Waals surface area contributed by atoms with Crippen molar-refractivity contribution in [3.8, 4) is 0 Å². The van der Waals surface area contributed by atoms with Crippen LogP contribution in [0.25, 0.3) is 5.52 Å². The number of carbonyl (C=O) groups excluding carboxylic acids is 1. The van der Waals surface area contributed by atoms with Gasteiger partial charge in [-0.05, 0) is 55.3 Å². The SMILES string of the molecule is Cc1cc(N)nc(C)c1CNC(=O)c1ccnc(Cc2cc3cc(Cl)cn3cn2)c1. The lowest BCUT2D eigenvalue weighted by Gasteiger charge is -2.12. The molecule has 0 saturated heterocycles. The number of fused-ring (bicyclic) bond motifs is 1. The average Bonchev–Trinajstić information content (AvgIpc) is 3.06. The van der Waals surface area contributed by atoms with Crippen LogP contribution in [0.4, 0.5) is 5.82 Å². The van der Waals surface area contributed by atoms with Gasteiger partial charge in [-0.3, -0.25) is 9.78 Å². The molecule has 4 rings (SSSR count). The molecule has 8 heteroatoms. The van der Waals surface area contributed by atoms with Gasteiger partial charge in [-0.15, -0.1) is 0 Å². The van der Waals surface area contributed by atoms with Crippen molar-refractivity contribution in [2.45, 2.75) is 26.8 Å². The number of nitrogens with two attached hydrogens (primary N) is 1. The van der Waals surface area contributed by atoms with Crippen molar-refractivity contribution in [2.24, 2.45) is 0 Å². The molecule has 0 spiro atoms. The van der Waals surface area contributed by atoms with E-state index in [0.717, 1.165) is 33.7 Å². The third kappa shape index (κ3) is 4.26. The Morgan fingerprint density at radius 2 is 1.97 bits per heavy atom. The molecule has 0 aliphatic carbocycles. The van der Waals surface area contributed by atoms with Gasteiger partial charge in [0, 0.05) is 47.8 Å². The zero-order chi connectivity index (χ0) is 21.3. The molecule has 0 atom stereocenters. The number of nitrogen functional groups attached to an aromatic ring is 1. The first-order valence-electron chi connectivity index (χ1n) is 9.47. The first kappa shape index (κ1) is 19.8. The van der Waals surface area contributed by atoms with Crippen molar-refractivity contribution in [1.29, 1.82) is 0 Å². The molecule has 4 aromatic heterocycles. The van der Waals surface area contributed by atoms with Crippen molar-refractivity contribution < 1.29 is 4.79 Å². The normalized spacial score (nSPS) is 11.0. The molecule has 7 nitrogen and oxygen atoms in total. The first-order valence-corrected chi connectivity index (χ1v) is 9.84. The summed E-state index contributed by atoms with van der Waals surface area (Å²) in [6.45, 7) is 4.23. The van der Waals surface area contributed by atoms with Crippen LogP contribution in [0, 0.1) is 13.8 Å². The van der Waals surface area contributed by atoms with Crippen molar-refractivity contribution in [3.05, 3.63) is 87.8 Å². The molecule has 0 bridgehead atoms. The molecule has 0 aliphatic rings. The molecule has 0 radical (unpaired) electrons. The van der Waals surface area contributed by atoms with E-state index in [1.807, 2.05) is 30.4 Å². The van der Waals surface area contributed by atoms with E-state index >= 15 is 0 Å². The number of halogens is 1. The fourth-order valence-electron chi connectivity index (χ4n) is 3.45. The van der Waals surface area contributed by atoms with Crippen LogP contribution < -0.4 is 11.1 Å². The van der Waals surface area contributed by atoms with Crippen LogP contribution >= 0.6 is 11.6 Å².